The summed E-state index contributed by atoms with van der Waals surface area (Å²) in [4.78, 5) is 30.6. The first-order chi connectivity index (χ1) is 11.6. The number of nitrogens with zero attached hydrogens (tertiary/aromatic N) is 2. The topological polar surface area (TPSA) is 74.3 Å². The van der Waals surface area contributed by atoms with Gasteiger partial charge in [-0.2, -0.15) is 0 Å². The Labute approximate surface area is 143 Å². The van der Waals surface area contributed by atoms with E-state index in [0.29, 0.717) is 12.5 Å². The maximum absolute atomic E-state index is 12.2. The maximum atomic E-state index is 12.2. The van der Waals surface area contributed by atoms with Crippen LogP contribution in [-0.4, -0.2) is 36.4 Å². The molecule has 2 atom stereocenters. The number of hydrogen-bond acceptors (Lipinski definition) is 4. The van der Waals surface area contributed by atoms with Crippen molar-refractivity contribution in [2.24, 2.45) is 11.8 Å². The number of rotatable bonds is 6. The largest absolute Gasteiger partial charge is 0.355 e. The van der Waals surface area contributed by atoms with E-state index in [4.69, 9.17) is 0 Å². The predicted molar refractivity (Wildman–Crippen MR) is 93.8 cm³/mol. The third kappa shape index (κ3) is 4.24. The molecule has 0 spiro atoms. The lowest BCUT2D eigenvalue weighted by Crippen LogP contribution is -2.32. The Hall–Kier alpha value is -2.11. The molecule has 1 aliphatic heterocycles. The molecule has 0 radical (unpaired) electrons. The van der Waals surface area contributed by atoms with Gasteiger partial charge in [-0.1, -0.05) is 6.92 Å². The third-order valence-electron chi connectivity index (χ3n) is 4.81. The molecule has 24 heavy (non-hydrogen) atoms. The zero-order chi connectivity index (χ0) is 16.9. The zero-order valence-electron chi connectivity index (χ0n) is 14.3. The summed E-state index contributed by atoms with van der Waals surface area (Å²) in [5, 5.41) is 5.78. The monoisotopic (exact) mass is 330 g/mol. The van der Waals surface area contributed by atoms with Gasteiger partial charge in [-0.25, -0.2) is 4.98 Å². The molecule has 2 heterocycles. The van der Waals surface area contributed by atoms with E-state index < -0.39 is 0 Å². The van der Waals surface area contributed by atoms with E-state index in [1.165, 1.54) is 6.42 Å². The van der Waals surface area contributed by atoms with Crippen LogP contribution in [0.25, 0.3) is 0 Å². The highest BCUT2D eigenvalue weighted by Crippen LogP contribution is 2.37. The van der Waals surface area contributed by atoms with E-state index >= 15 is 0 Å². The predicted octanol–water partition coefficient (Wildman–Crippen LogP) is 2.17. The Bertz CT molecular complexity index is 598. The van der Waals surface area contributed by atoms with Crippen LogP contribution in [0.5, 0.6) is 0 Å². The number of carbonyl (C=O) groups is 2. The molecule has 1 aromatic heterocycles. The van der Waals surface area contributed by atoms with Gasteiger partial charge in [0.15, 0.2) is 5.82 Å². The smallest absolute Gasteiger partial charge is 0.226 e. The third-order valence-corrected chi connectivity index (χ3v) is 4.81. The molecule has 2 N–H and O–H groups in total. The van der Waals surface area contributed by atoms with Crippen LogP contribution >= 0.6 is 0 Å². The molecule has 6 heteroatoms. The molecule has 1 saturated heterocycles. The van der Waals surface area contributed by atoms with Gasteiger partial charge in [0, 0.05) is 38.2 Å². The second-order valence-corrected chi connectivity index (χ2v) is 6.83. The molecule has 2 amide bonds. The lowest BCUT2D eigenvalue weighted by atomic mass is 10.1. The normalized spacial score (nSPS) is 22.8. The number of nitrogens with one attached hydrogen (secondary N) is 2. The molecule has 6 nitrogen and oxygen atoms in total. The minimum absolute atomic E-state index is 0.0747. The summed E-state index contributed by atoms with van der Waals surface area (Å²) in [5.41, 5.74) is 0.756. The van der Waals surface area contributed by atoms with Crippen LogP contribution in [0.2, 0.25) is 0 Å². The van der Waals surface area contributed by atoms with Gasteiger partial charge in [-0.05, 0) is 43.7 Å². The highest BCUT2D eigenvalue weighted by Gasteiger charge is 2.38. The molecule has 2 fully saturated rings. The SMILES string of the molecule is C[C@H]1C[C@H]1C(=O)NCCC(=O)Nc1cccnc1N1CCCCC1. The van der Waals surface area contributed by atoms with Crippen molar-refractivity contribution in [2.45, 2.75) is 39.0 Å². The molecule has 1 saturated carbocycles. The van der Waals surface area contributed by atoms with Crippen molar-refractivity contribution < 1.29 is 9.59 Å². The molecule has 0 bridgehead atoms. The number of amides is 2. The summed E-state index contributed by atoms with van der Waals surface area (Å²) in [6.07, 6.45) is 6.58. The minimum atomic E-state index is -0.0922. The molecular weight excluding hydrogens is 304 g/mol. The Balaban J connectivity index is 1.49. The van der Waals surface area contributed by atoms with Crippen molar-refractivity contribution >= 4 is 23.3 Å². The van der Waals surface area contributed by atoms with Gasteiger partial charge in [-0.3, -0.25) is 9.59 Å². The average molecular weight is 330 g/mol. The molecular formula is C18H26N4O2. The fourth-order valence-electron chi connectivity index (χ4n) is 3.18. The molecule has 1 aromatic rings. The standard InChI is InChI=1S/C18H26N4O2/c1-13-12-14(13)18(24)20-9-7-16(23)21-15-6-5-8-19-17(15)22-10-3-2-4-11-22/h5-6,8,13-14H,2-4,7,9-12H2,1H3,(H,20,24)(H,21,23)/t13-,14+/m0/s1. The van der Waals surface area contributed by atoms with E-state index in [2.05, 4.69) is 27.4 Å². The highest BCUT2D eigenvalue weighted by molar-refractivity contribution is 5.94. The Morgan fingerprint density at radius 2 is 2.04 bits per heavy atom. The van der Waals surface area contributed by atoms with Gasteiger partial charge in [0.25, 0.3) is 0 Å². The van der Waals surface area contributed by atoms with Crippen molar-refractivity contribution in [3.8, 4) is 0 Å². The number of hydrogen-bond donors (Lipinski definition) is 2. The summed E-state index contributed by atoms with van der Waals surface area (Å²) in [5.74, 6) is 1.47. The van der Waals surface area contributed by atoms with E-state index in [1.807, 2.05) is 12.1 Å². The summed E-state index contributed by atoms with van der Waals surface area (Å²) >= 11 is 0. The first-order valence-corrected chi connectivity index (χ1v) is 8.92. The molecule has 2 aliphatic rings. The van der Waals surface area contributed by atoms with Crippen molar-refractivity contribution in [1.29, 1.82) is 0 Å². The fourth-order valence-corrected chi connectivity index (χ4v) is 3.18. The summed E-state index contributed by atoms with van der Waals surface area (Å²) in [7, 11) is 0. The average Bonchev–Trinajstić information content (AvgIpc) is 3.33. The van der Waals surface area contributed by atoms with Gasteiger partial charge in [-0.15, -0.1) is 0 Å². The summed E-state index contributed by atoms with van der Waals surface area (Å²) in [6, 6.07) is 3.72. The number of aromatic nitrogens is 1. The Morgan fingerprint density at radius 3 is 2.75 bits per heavy atom. The molecule has 0 aromatic carbocycles. The number of piperidine rings is 1. The molecule has 0 unspecified atom stereocenters. The van der Waals surface area contributed by atoms with Crippen LogP contribution in [0.4, 0.5) is 11.5 Å². The minimum Gasteiger partial charge on any atom is -0.355 e. The van der Waals surface area contributed by atoms with Gasteiger partial charge in [0.1, 0.15) is 0 Å². The van der Waals surface area contributed by atoms with Crippen LogP contribution in [0.1, 0.15) is 39.0 Å². The first kappa shape index (κ1) is 16.7. The van der Waals surface area contributed by atoms with Crippen molar-refractivity contribution in [2.75, 3.05) is 29.9 Å². The first-order valence-electron chi connectivity index (χ1n) is 8.92. The van der Waals surface area contributed by atoms with Crippen LogP contribution < -0.4 is 15.5 Å². The second kappa shape index (κ2) is 7.64. The lowest BCUT2D eigenvalue weighted by molar-refractivity contribution is -0.122. The number of pyridine rings is 1. The van der Waals surface area contributed by atoms with E-state index in [0.717, 1.165) is 43.9 Å². The number of carbonyl (C=O) groups excluding carboxylic acids is 2. The lowest BCUT2D eigenvalue weighted by Gasteiger charge is -2.29. The van der Waals surface area contributed by atoms with Gasteiger partial charge >= 0.3 is 0 Å². The van der Waals surface area contributed by atoms with Gasteiger partial charge in [0.05, 0.1) is 5.69 Å². The van der Waals surface area contributed by atoms with Gasteiger partial charge < -0.3 is 15.5 Å². The van der Waals surface area contributed by atoms with Gasteiger partial charge in [0.2, 0.25) is 11.8 Å². The van der Waals surface area contributed by atoms with Crippen LogP contribution in [0.3, 0.4) is 0 Å². The Morgan fingerprint density at radius 1 is 1.29 bits per heavy atom. The van der Waals surface area contributed by atoms with Crippen molar-refractivity contribution in [3.63, 3.8) is 0 Å². The summed E-state index contributed by atoms with van der Waals surface area (Å²) < 4.78 is 0. The Kier molecular flexibility index (Phi) is 5.33. The highest BCUT2D eigenvalue weighted by atomic mass is 16.2. The van der Waals surface area contributed by atoms with Crippen LogP contribution in [-0.2, 0) is 9.59 Å². The molecule has 1 aliphatic carbocycles. The second-order valence-electron chi connectivity index (χ2n) is 6.83. The van der Waals surface area contributed by atoms with Crippen molar-refractivity contribution in [3.05, 3.63) is 18.3 Å². The molecule has 3 rings (SSSR count). The van der Waals surface area contributed by atoms with Crippen LogP contribution in [0, 0.1) is 11.8 Å². The summed E-state index contributed by atoms with van der Waals surface area (Å²) in [6.45, 7) is 4.42. The number of anilines is 2. The maximum Gasteiger partial charge on any atom is 0.226 e. The van der Waals surface area contributed by atoms with E-state index in [9.17, 15) is 9.59 Å². The quantitative estimate of drug-likeness (QED) is 0.838. The van der Waals surface area contributed by atoms with E-state index in [-0.39, 0.29) is 24.2 Å². The van der Waals surface area contributed by atoms with Crippen LogP contribution in [0.15, 0.2) is 18.3 Å². The molecule has 130 valence electrons. The van der Waals surface area contributed by atoms with Crippen molar-refractivity contribution in [1.82, 2.24) is 10.3 Å². The fraction of sp³-hybridized carbons (Fsp3) is 0.611. The van der Waals surface area contributed by atoms with E-state index in [1.54, 1.807) is 6.20 Å². The zero-order valence-corrected chi connectivity index (χ0v) is 14.3.